The summed E-state index contributed by atoms with van der Waals surface area (Å²) in [6.45, 7) is 5.20. The second-order valence-electron chi connectivity index (χ2n) is 6.51. The van der Waals surface area contributed by atoms with E-state index in [9.17, 15) is 8.78 Å². The normalized spacial score (nSPS) is 16.0. The Bertz CT molecular complexity index is 779. The van der Waals surface area contributed by atoms with Gasteiger partial charge in [-0.25, -0.2) is 8.78 Å². The first-order valence-electron chi connectivity index (χ1n) is 8.91. The van der Waals surface area contributed by atoms with Gasteiger partial charge in [-0.2, -0.15) is 0 Å². The summed E-state index contributed by atoms with van der Waals surface area (Å²) in [6.07, 6.45) is 0. The monoisotopic (exact) mass is 391 g/mol. The second-order valence-corrected chi connectivity index (χ2v) is 6.92. The van der Waals surface area contributed by atoms with Gasteiger partial charge in [0, 0.05) is 25.3 Å². The minimum absolute atomic E-state index is 0.0315. The Labute approximate surface area is 163 Å². The first-order valence-corrected chi connectivity index (χ1v) is 9.32. The van der Waals surface area contributed by atoms with Gasteiger partial charge in [0.05, 0.1) is 19.3 Å². The molecule has 0 unspecified atom stereocenters. The van der Waals surface area contributed by atoms with E-state index in [1.54, 1.807) is 31.2 Å². The molecule has 1 atom stereocenters. The molecule has 0 bridgehead atoms. The average molecular weight is 391 g/mol. The first kappa shape index (κ1) is 19.7. The number of nitrogens with zero attached hydrogens (tertiary/aromatic N) is 1. The van der Waals surface area contributed by atoms with E-state index in [2.05, 4.69) is 15.5 Å². The molecule has 0 aromatic heterocycles. The van der Waals surface area contributed by atoms with Crippen LogP contribution >= 0.6 is 12.2 Å². The van der Waals surface area contributed by atoms with E-state index in [-0.39, 0.29) is 17.7 Å². The lowest BCUT2D eigenvalue weighted by Crippen LogP contribution is -2.44. The van der Waals surface area contributed by atoms with Gasteiger partial charge in [0.1, 0.15) is 11.6 Å². The summed E-state index contributed by atoms with van der Waals surface area (Å²) in [5.41, 5.74) is 2.19. The van der Waals surface area contributed by atoms with Gasteiger partial charge in [0.15, 0.2) is 5.11 Å². The summed E-state index contributed by atoms with van der Waals surface area (Å²) in [4.78, 5) is 2.29. The van der Waals surface area contributed by atoms with Gasteiger partial charge in [0.25, 0.3) is 0 Å². The van der Waals surface area contributed by atoms with E-state index in [0.29, 0.717) is 36.1 Å². The molecule has 2 aromatic carbocycles. The Hall–Kier alpha value is -2.09. The van der Waals surface area contributed by atoms with E-state index >= 15 is 0 Å². The molecule has 1 fully saturated rings. The molecule has 3 rings (SSSR count). The maximum absolute atomic E-state index is 13.7. The quantitative estimate of drug-likeness (QED) is 0.762. The molecule has 1 saturated heterocycles. The maximum atomic E-state index is 13.7. The molecule has 0 spiro atoms. The van der Waals surface area contributed by atoms with Crippen molar-refractivity contribution in [2.75, 3.05) is 38.2 Å². The van der Waals surface area contributed by atoms with E-state index in [0.717, 1.165) is 18.7 Å². The van der Waals surface area contributed by atoms with Crippen LogP contribution in [0.5, 0.6) is 0 Å². The molecular weight excluding hydrogens is 368 g/mol. The summed E-state index contributed by atoms with van der Waals surface area (Å²) in [5.74, 6) is -0.536. The lowest BCUT2D eigenvalue weighted by atomic mass is 10.0. The Morgan fingerprint density at radius 2 is 1.85 bits per heavy atom. The van der Waals surface area contributed by atoms with Gasteiger partial charge >= 0.3 is 0 Å². The minimum Gasteiger partial charge on any atom is -0.379 e. The number of aryl methyl sites for hydroxylation is 1. The van der Waals surface area contributed by atoms with Crippen molar-refractivity contribution >= 4 is 23.0 Å². The van der Waals surface area contributed by atoms with Crippen molar-refractivity contribution in [3.8, 4) is 0 Å². The fourth-order valence-corrected chi connectivity index (χ4v) is 3.27. The molecule has 144 valence electrons. The maximum Gasteiger partial charge on any atom is 0.170 e. The Balaban J connectivity index is 1.65. The predicted molar refractivity (Wildman–Crippen MR) is 107 cm³/mol. The summed E-state index contributed by atoms with van der Waals surface area (Å²) < 4.78 is 32.4. The Morgan fingerprint density at radius 3 is 2.52 bits per heavy atom. The number of rotatable bonds is 5. The van der Waals surface area contributed by atoms with E-state index in [4.69, 9.17) is 17.0 Å². The van der Waals surface area contributed by atoms with Gasteiger partial charge in [0.2, 0.25) is 0 Å². The molecular formula is C20H23F2N3OS. The first-order chi connectivity index (χ1) is 13.0. The molecule has 0 aliphatic carbocycles. The van der Waals surface area contributed by atoms with Gasteiger partial charge < -0.3 is 15.4 Å². The van der Waals surface area contributed by atoms with E-state index < -0.39 is 0 Å². The van der Waals surface area contributed by atoms with Crippen molar-refractivity contribution in [2.45, 2.75) is 13.0 Å². The highest BCUT2D eigenvalue weighted by molar-refractivity contribution is 7.80. The van der Waals surface area contributed by atoms with Crippen molar-refractivity contribution in [3.05, 3.63) is 65.2 Å². The van der Waals surface area contributed by atoms with Crippen LogP contribution in [0.15, 0.2) is 42.5 Å². The van der Waals surface area contributed by atoms with Crippen molar-refractivity contribution in [3.63, 3.8) is 0 Å². The van der Waals surface area contributed by atoms with Crippen LogP contribution in [0.4, 0.5) is 14.5 Å². The fraction of sp³-hybridized carbons (Fsp3) is 0.350. The number of morpholine rings is 1. The average Bonchev–Trinajstić information content (AvgIpc) is 2.67. The molecule has 7 heteroatoms. The van der Waals surface area contributed by atoms with Gasteiger partial charge in [-0.15, -0.1) is 0 Å². The van der Waals surface area contributed by atoms with E-state index in [1.165, 1.54) is 18.2 Å². The number of nitrogens with one attached hydrogen (secondary N) is 2. The summed E-state index contributed by atoms with van der Waals surface area (Å²) in [6, 6.07) is 11.5. The van der Waals surface area contributed by atoms with Crippen LogP contribution in [-0.4, -0.2) is 42.9 Å². The largest absolute Gasteiger partial charge is 0.379 e. The van der Waals surface area contributed by atoms with Crippen molar-refractivity contribution in [1.29, 1.82) is 0 Å². The van der Waals surface area contributed by atoms with E-state index in [1.807, 2.05) is 0 Å². The number of hydrogen-bond donors (Lipinski definition) is 2. The van der Waals surface area contributed by atoms with Gasteiger partial charge in [-0.3, -0.25) is 4.90 Å². The van der Waals surface area contributed by atoms with Gasteiger partial charge in [-0.05, 0) is 54.5 Å². The molecule has 4 nitrogen and oxygen atoms in total. The van der Waals surface area contributed by atoms with Crippen LogP contribution in [-0.2, 0) is 4.74 Å². The SMILES string of the molecule is Cc1ccc(NC(=S)NC[C@@H](c2ccc(F)cc2)N2CCOCC2)cc1F. The lowest BCUT2D eigenvalue weighted by molar-refractivity contribution is 0.0170. The van der Waals surface area contributed by atoms with Gasteiger partial charge in [-0.1, -0.05) is 18.2 Å². The van der Waals surface area contributed by atoms with Crippen LogP contribution in [0.25, 0.3) is 0 Å². The zero-order valence-corrected chi connectivity index (χ0v) is 16.0. The van der Waals surface area contributed by atoms with Crippen LogP contribution in [0.3, 0.4) is 0 Å². The zero-order valence-electron chi connectivity index (χ0n) is 15.2. The lowest BCUT2D eigenvalue weighted by Gasteiger charge is -2.35. The Kier molecular flexibility index (Phi) is 6.71. The third-order valence-corrected chi connectivity index (χ3v) is 4.87. The number of halogens is 2. The van der Waals surface area contributed by atoms with Crippen LogP contribution < -0.4 is 10.6 Å². The van der Waals surface area contributed by atoms with Crippen LogP contribution in [0.2, 0.25) is 0 Å². The van der Waals surface area contributed by atoms with Crippen LogP contribution in [0.1, 0.15) is 17.2 Å². The fourth-order valence-electron chi connectivity index (χ4n) is 3.07. The predicted octanol–water partition coefficient (Wildman–Crippen LogP) is 3.63. The van der Waals surface area contributed by atoms with Crippen molar-refractivity contribution in [2.24, 2.45) is 0 Å². The zero-order chi connectivity index (χ0) is 19.2. The number of hydrogen-bond acceptors (Lipinski definition) is 3. The third kappa shape index (κ3) is 5.45. The molecule has 2 N–H and O–H groups in total. The van der Waals surface area contributed by atoms with Crippen LogP contribution in [0, 0.1) is 18.6 Å². The molecule has 1 aliphatic heterocycles. The minimum atomic E-state index is -0.277. The Morgan fingerprint density at radius 1 is 1.15 bits per heavy atom. The second kappa shape index (κ2) is 9.21. The van der Waals surface area contributed by atoms with Crippen molar-refractivity contribution in [1.82, 2.24) is 10.2 Å². The number of thiocarbonyl (C=S) groups is 1. The summed E-state index contributed by atoms with van der Waals surface area (Å²) in [5, 5.41) is 6.62. The topological polar surface area (TPSA) is 36.5 Å². The summed E-state index contributed by atoms with van der Waals surface area (Å²) >= 11 is 5.35. The molecule has 0 amide bonds. The highest BCUT2D eigenvalue weighted by atomic mass is 32.1. The molecule has 0 radical (unpaired) electrons. The summed E-state index contributed by atoms with van der Waals surface area (Å²) in [7, 11) is 0. The molecule has 2 aromatic rings. The third-order valence-electron chi connectivity index (χ3n) is 4.63. The highest BCUT2D eigenvalue weighted by Gasteiger charge is 2.22. The van der Waals surface area contributed by atoms with Crippen molar-refractivity contribution < 1.29 is 13.5 Å². The number of ether oxygens (including phenoxy) is 1. The molecule has 1 aliphatic rings. The standard InChI is InChI=1S/C20H23F2N3OS/c1-14-2-7-17(12-18(14)22)24-20(27)23-13-19(25-8-10-26-11-9-25)15-3-5-16(21)6-4-15/h2-7,12,19H,8-11,13H2,1H3,(H2,23,24,27)/t19-/m0/s1. The number of benzene rings is 2. The molecule has 0 saturated carbocycles. The highest BCUT2D eigenvalue weighted by Crippen LogP contribution is 2.22. The molecule has 27 heavy (non-hydrogen) atoms. The molecule has 1 heterocycles. The number of anilines is 1. The smallest absolute Gasteiger partial charge is 0.170 e.